The molecule has 0 aliphatic heterocycles. The summed E-state index contributed by atoms with van der Waals surface area (Å²) in [7, 11) is -4.40. The van der Waals surface area contributed by atoms with Crippen LogP contribution in [0.1, 0.15) is 206 Å². The van der Waals surface area contributed by atoms with E-state index in [2.05, 4.69) is 123 Å². The fourth-order valence-corrected chi connectivity index (χ4v) is 7.53. The van der Waals surface area contributed by atoms with Gasteiger partial charge < -0.3 is 20.1 Å². The van der Waals surface area contributed by atoms with Crippen molar-refractivity contribution in [2.75, 3.05) is 26.4 Å². The number of phosphoric acid groups is 1. The number of nitrogens with two attached hydrogens (primary N) is 1. The van der Waals surface area contributed by atoms with E-state index in [0.717, 1.165) is 122 Å². The molecule has 0 radical (unpaired) electrons. The van der Waals surface area contributed by atoms with Crippen LogP contribution in [0.25, 0.3) is 0 Å². The monoisotopic (exact) mass is 954 g/mol. The largest absolute Gasteiger partial charge is 0.472 e. The van der Waals surface area contributed by atoms with Crippen LogP contribution in [0.2, 0.25) is 0 Å². The van der Waals surface area contributed by atoms with Gasteiger partial charge in [0.15, 0.2) is 6.10 Å². The van der Waals surface area contributed by atoms with Gasteiger partial charge in [0.25, 0.3) is 0 Å². The fourth-order valence-electron chi connectivity index (χ4n) is 6.76. The van der Waals surface area contributed by atoms with Crippen molar-refractivity contribution in [2.24, 2.45) is 5.73 Å². The summed E-state index contributed by atoms with van der Waals surface area (Å²) in [6.45, 7) is 3.58. The Bertz CT molecular complexity index is 1460. The first-order valence-corrected chi connectivity index (χ1v) is 27.9. The van der Waals surface area contributed by atoms with Crippen LogP contribution in [0.5, 0.6) is 0 Å². The number of unbranched alkanes of at least 4 members (excludes halogenated alkanes) is 17. The summed E-state index contributed by atoms with van der Waals surface area (Å²) >= 11 is 0. The van der Waals surface area contributed by atoms with Crippen LogP contribution in [0, 0.1) is 0 Å². The highest BCUT2D eigenvalue weighted by Crippen LogP contribution is 2.43. The van der Waals surface area contributed by atoms with E-state index in [1.165, 1.54) is 44.9 Å². The van der Waals surface area contributed by atoms with Crippen molar-refractivity contribution < 1.29 is 37.6 Å². The van der Waals surface area contributed by atoms with Crippen LogP contribution < -0.4 is 5.73 Å². The molecule has 0 saturated heterocycles. The van der Waals surface area contributed by atoms with Crippen molar-refractivity contribution in [3.63, 3.8) is 0 Å². The van der Waals surface area contributed by atoms with Crippen LogP contribution in [0.15, 0.2) is 109 Å². The smallest absolute Gasteiger partial charge is 0.462 e. The quantitative estimate of drug-likeness (QED) is 0.0264. The van der Waals surface area contributed by atoms with E-state index in [1.54, 1.807) is 0 Å². The standard InChI is InChI=1S/C57H96NO8P/c1-3-5-7-9-11-13-15-17-19-20-21-22-23-24-25-26-27-28-29-30-31-32-33-34-36-38-40-42-44-46-48-50-57(60)66-55(54-65-67(61,62)64-52-51-58)53-63-56(59)49-47-45-43-41-39-37-35-18-16-14-12-10-8-6-4-2/h5,7,11,13,17-19,21-22,24-25,27-28,30-31,33-35,55H,3-4,6,8-10,12,14-16,20,23,26,29,32,36-54,58H2,1-2H3,(H,61,62)/b7-5-,13-11-,19-17-,22-21-,25-24-,28-27-,31-30-,34-33-,35-18-. The number of carbonyl (C=O) groups excluding carboxylic acids is 2. The highest BCUT2D eigenvalue weighted by molar-refractivity contribution is 7.47. The van der Waals surface area contributed by atoms with Gasteiger partial charge >= 0.3 is 19.8 Å². The molecule has 0 bridgehead atoms. The van der Waals surface area contributed by atoms with E-state index in [0.29, 0.717) is 12.8 Å². The normalized spacial score (nSPS) is 14.0. The molecular formula is C57H96NO8P. The number of carbonyl (C=O) groups is 2. The lowest BCUT2D eigenvalue weighted by atomic mass is 10.1. The summed E-state index contributed by atoms with van der Waals surface area (Å²) in [6.07, 6.45) is 69.8. The summed E-state index contributed by atoms with van der Waals surface area (Å²) in [4.78, 5) is 35.0. The minimum absolute atomic E-state index is 0.0441. The summed E-state index contributed by atoms with van der Waals surface area (Å²) in [6, 6.07) is 0. The molecule has 0 aromatic heterocycles. The first kappa shape index (κ1) is 63.7. The highest BCUT2D eigenvalue weighted by atomic mass is 31.2. The van der Waals surface area contributed by atoms with Crippen LogP contribution in [0.3, 0.4) is 0 Å². The van der Waals surface area contributed by atoms with Crippen LogP contribution in [-0.2, 0) is 32.7 Å². The highest BCUT2D eigenvalue weighted by Gasteiger charge is 2.26. The molecule has 10 heteroatoms. The average Bonchev–Trinajstić information content (AvgIpc) is 3.32. The van der Waals surface area contributed by atoms with Crippen LogP contribution >= 0.6 is 7.82 Å². The van der Waals surface area contributed by atoms with Gasteiger partial charge in [-0.1, -0.05) is 200 Å². The van der Waals surface area contributed by atoms with Gasteiger partial charge in [-0.25, -0.2) is 4.57 Å². The van der Waals surface area contributed by atoms with E-state index in [-0.39, 0.29) is 32.6 Å². The van der Waals surface area contributed by atoms with Crippen molar-refractivity contribution >= 4 is 19.8 Å². The fraction of sp³-hybridized carbons (Fsp3) is 0.649. The molecule has 0 fully saturated rings. The molecule has 0 heterocycles. The lowest BCUT2D eigenvalue weighted by molar-refractivity contribution is -0.161. The number of allylic oxidation sites excluding steroid dienone is 18. The molecule has 2 atom stereocenters. The second-order valence-corrected chi connectivity index (χ2v) is 18.5. The Morgan fingerprint density at radius 3 is 1.24 bits per heavy atom. The third-order valence-corrected chi connectivity index (χ3v) is 11.6. The van der Waals surface area contributed by atoms with E-state index in [9.17, 15) is 19.0 Å². The Balaban J connectivity index is 4.10. The van der Waals surface area contributed by atoms with Crippen LogP contribution in [0.4, 0.5) is 0 Å². The summed E-state index contributed by atoms with van der Waals surface area (Å²) in [5.41, 5.74) is 5.36. The Labute approximate surface area is 409 Å². The molecule has 3 N–H and O–H groups in total. The average molecular weight is 954 g/mol. The van der Waals surface area contributed by atoms with E-state index >= 15 is 0 Å². The predicted molar refractivity (Wildman–Crippen MR) is 284 cm³/mol. The minimum atomic E-state index is -4.40. The van der Waals surface area contributed by atoms with Gasteiger partial charge in [0.1, 0.15) is 6.61 Å². The molecule has 67 heavy (non-hydrogen) atoms. The van der Waals surface area contributed by atoms with Gasteiger partial charge in [0.2, 0.25) is 0 Å². The summed E-state index contributed by atoms with van der Waals surface area (Å²) in [5.74, 6) is -0.862. The molecule has 9 nitrogen and oxygen atoms in total. The molecule has 382 valence electrons. The Kier molecular flexibility index (Phi) is 49.5. The lowest BCUT2D eigenvalue weighted by Crippen LogP contribution is -2.29. The number of ether oxygens (including phenoxy) is 2. The van der Waals surface area contributed by atoms with Gasteiger partial charge in [0.05, 0.1) is 13.2 Å². The molecule has 0 aliphatic carbocycles. The zero-order chi connectivity index (χ0) is 48.8. The number of hydrogen-bond donors (Lipinski definition) is 2. The third kappa shape index (κ3) is 51.9. The molecule has 0 aromatic rings. The third-order valence-electron chi connectivity index (χ3n) is 10.6. The zero-order valence-corrected chi connectivity index (χ0v) is 43.2. The second kappa shape index (κ2) is 52.0. The van der Waals surface area contributed by atoms with Crippen molar-refractivity contribution in [2.45, 2.75) is 213 Å². The van der Waals surface area contributed by atoms with E-state index < -0.39 is 32.5 Å². The molecule has 0 rings (SSSR count). The molecule has 0 aromatic carbocycles. The molecule has 0 aliphatic rings. The van der Waals surface area contributed by atoms with Crippen molar-refractivity contribution in [3.8, 4) is 0 Å². The van der Waals surface area contributed by atoms with Gasteiger partial charge in [0, 0.05) is 19.4 Å². The Morgan fingerprint density at radius 2 is 0.821 bits per heavy atom. The first-order chi connectivity index (χ1) is 32.8. The van der Waals surface area contributed by atoms with Crippen molar-refractivity contribution in [3.05, 3.63) is 109 Å². The zero-order valence-electron chi connectivity index (χ0n) is 42.3. The number of hydrogen-bond acceptors (Lipinski definition) is 8. The lowest BCUT2D eigenvalue weighted by Gasteiger charge is -2.19. The Morgan fingerprint density at radius 1 is 0.463 bits per heavy atom. The molecule has 2 unspecified atom stereocenters. The van der Waals surface area contributed by atoms with Gasteiger partial charge in [-0.2, -0.15) is 0 Å². The maximum Gasteiger partial charge on any atom is 0.472 e. The van der Waals surface area contributed by atoms with Gasteiger partial charge in [-0.05, 0) is 103 Å². The second-order valence-electron chi connectivity index (χ2n) is 17.0. The predicted octanol–water partition coefficient (Wildman–Crippen LogP) is 16.3. The summed E-state index contributed by atoms with van der Waals surface area (Å²) < 4.78 is 32.9. The topological polar surface area (TPSA) is 134 Å². The first-order valence-electron chi connectivity index (χ1n) is 26.4. The molecule has 0 amide bonds. The van der Waals surface area contributed by atoms with Crippen LogP contribution in [-0.4, -0.2) is 49.3 Å². The summed E-state index contributed by atoms with van der Waals surface area (Å²) in [5, 5.41) is 0. The number of rotatable bonds is 48. The maximum atomic E-state index is 12.7. The van der Waals surface area contributed by atoms with Gasteiger partial charge in [-0.3, -0.25) is 18.6 Å². The molecular weight excluding hydrogens is 858 g/mol. The minimum Gasteiger partial charge on any atom is -0.462 e. The Hall–Kier alpha value is -3.33. The SMILES string of the molecule is CC/C=C\C/C=C\C/C=C\C/C=C\C/C=C\C/C=C\C/C=C\C/C=C\CCCCCCCCC(=O)OC(COC(=O)CCCCCCC/C=C\CCCCCCCC)COP(=O)(O)OCCN. The van der Waals surface area contributed by atoms with Crippen molar-refractivity contribution in [1.82, 2.24) is 0 Å². The number of phosphoric ester groups is 1. The van der Waals surface area contributed by atoms with E-state index in [1.807, 2.05) is 0 Å². The molecule has 0 saturated carbocycles. The van der Waals surface area contributed by atoms with E-state index in [4.69, 9.17) is 24.3 Å². The number of esters is 2. The van der Waals surface area contributed by atoms with Crippen molar-refractivity contribution in [1.29, 1.82) is 0 Å². The molecule has 0 spiro atoms. The van der Waals surface area contributed by atoms with Gasteiger partial charge in [-0.15, -0.1) is 0 Å². The maximum absolute atomic E-state index is 12.7.